The molecule has 0 N–H and O–H groups in total. The number of esters is 3. The number of unbranched alkanes of at least 4 members (excludes halogenated alkanes) is 25. The molecule has 0 amide bonds. The Morgan fingerprint density at radius 3 is 1.03 bits per heavy atom. The van der Waals surface area contributed by atoms with Crippen molar-refractivity contribution in [1.82, 2.24) is 0 Å². The van der Waals surface area contributed by atoms with Gasteiger partial charge in [-0.3, -0.25) is 14.4 Å². The van der Waals surface area contributed by atoms with Crippen molar-refractivity contribution in [2.45, 2.75) is 258 Å². The number of rotatable bonds is 46. The summed E-state index contributed by atoms with van der Waals surface area (Å²) in [6.45, 7) is 6.55. The summed E-state index contributed by atoms with van der Waals surface area (Å²) in [4.78, 5) is 37.9. The zero-order valence-corrected chi connectivity index (χ0v) is 40.2. The number of carbonyl (C=O) groups is 3. The number of allylic oxidation sites excluding steroid dienone is 10. The zero-order valence-electron chi connectivity index (χ0n) is 40.2. The van der Waals surface area contributed by atoms with Crippen molar-refractivity contribution >= 4 is 17.9 Å². The van der Waals surface area contributed by atoms with E-state index in [1.807, 2.05) is 0 Å². The van der Waals surface area contributed by atoms with Gasteiger partial charge in [0.05, 0.1) is 0 Å². The second-order valence-corrected chi connectivity index (χ2v) is 17.1. The van der Waals surface area contributed by atoms with Gasteiger partial charge in [0.25, 0.3) is 0 Å². The van der Waals surface area contributed by atoms with Crippen molar-refractivity contribution in [2.24, 2.45) is 0 Å². The minimum Gasteiger partial charge on any atom is -0.462 e. The maximum absolute atomic E-state index is 12.8. The number of carbonyl (C=O) groups excluding carboxylic acids is 3. The second-order valence-electron chi connectivity index (χ2n) is 17.1. The fraction of sp³-hybridized carbons (Fsp3) is 0.764. The van der Waals surface area contributed by atoms with E-state index in [1.165, 1.54) is 135 Å². The summed E-state index contributed by atoms with van der Waals surface area (Å²) in [5.74, 6) is -0.956. The predicted octanol–water partition coefficient (Wildman–Crippen LogP) is 16.9. The van der Waals surface area contributed by atoms with Gasteiger partial charge in [-0.1, -0.05) is 210 Å². The van der Waals surface area contributed by atoms with Crippen LogP contribution in [0.15, 0.2) is 60.8 Å². The molecular weight excluding hydrogens is 757 g/mol. The SMILES string of the molecule is CCCCCC=CCC=CCC=CCC=CCCCC(=O)OC[C@@H](COC(=O)CCCCCCCC=CCCCCCCCC)OC(=O)CCCCCCCCCCCCC. The molecule has 0 saturated carbocycles. The molecule has 0 fully saturated rings. The summed E-state index contributed by atoms with van der Waals surface area (Å²) >= 11 is 0. The van der Waals surface area contributed by atoms with E-state index in [4.69, 9.17) is 14.2 Å². The van der Waals surface area contributed by atoms with Gasteiger partial charge in [-0.15, -0.1) is 0 Å². The molecule has 0 aliphatic carbocycles. The van der Waals surface area contributed by atoms with Gasteiger partial charge in [0.1, 0.15) is 13.2 Å². The van der Waals surface area contributed by atoms with Gasteiger partial charge in [-0.25, -0.2) is 0 Å². The van der Waals surface area contributed by atoms with Crippen LogP contribution in [0.4, 0.5) is 0 Å². The van der Waals surface area contributed by atoms with Crippen molar-refractivity contribution in [3.05, 3.63) is 60.8 Å². The number of ether oxygens (including phenoxy) is 3. The smallest absolute Gasteiger partial charge is 0.306 e. The molecule has 0 aromatic carbocycles. The van der Waals surface area contributed by atoms with E-state index < -0.39 is 6.10 Å². The maximum Gasteiger partial charge on any atom is 0.306 e. The number of hydrogen-bond donors (Lipinski definition) is 0. The molecule has 1 atom stereocenters. The minimum absolute atomic E-state index is 0.0938. The molecule has 0 aromatic rings. The first kappa shape index (κ1) is 58.1. The Bertz CT molecular complexity index is 1120. The van der Waals surface area contributed by atoms with Gasteiger partial charge in [-0.05, 0) is 83.5 Å². The molecule has 352 valence electrons. The van der Waals surface area contributed by atoms with Crippen LogP contribution >= 0.6 is 0 Å². The molecule has 0 aliphatic heterocycles. The first-order valence-corrected chi connectivity index (χ1v) is 25.8. The van der Waals surface area contributed by atoms with E-state index in [0.29, 0.717) is 19.3 Å². The summed E-state index contributed by atoms with van der Waals surface area (Å²) in [5.41, 5.74) is 0. The van der Waals surface area contributed by atoms with Crippen molar-refractivity contribution in [1.29, 1.82) is 0 Å². The summed E-state index contributed by atoms with van der Waals surface area (Å²) in [6.07, 6.45) is 60.6. The Morgan fingerprint density at radius 2 is 0.607 bits per heavy atom. The fourth-order valence-corrected chi connectivity index (χ4v) is 7.08. The van der Waals surface area contributed by atoms with Crippen molar-refractivity contribution in [2.75, 3.05) is 13.2 Å². The third kappa shape index (κ3) is 48.0. The van der Waals surface area contributed by atoms with Crippen molar-refractivity contribution in [3.8, 4) is 0 Å². The van der Waals surface area contributed by atoms with Crippen LogP contribution in [-0.4, -0.2) is 37.2 Å². The van der Waals surface area contributed by atoms with Crippen LogP contribution in [0.5, 0.6) is 0 Å². The van der Waals surface area contributed by atoms with Gasteiger partial charge in [0.2, 0.25) is 0 Å². The van der Waals surface area contributed by atoms with Gasteiger partial charge in [-0.2, -0.15) is 0 Å². The first-order valence-electron chi connectivity index (χ1n) is 25.8. The van der Waals surface area contributed by atoms with Crippen LogP contribution in [0.3, 0.4) is 0 Å². The molecule has 0 heterocycles. The van der Waals surface area contributed by atoms with E-state index in [0.717, 1.165) is 70.6 Å². The lowest BCUT2D eigenvalue weighted by molar-refractivity contribution is -0.167. The standard InChI is InChI=1S/C55H96O6/c1-4-7-10-13-16-19-22-24-26-27-29-31-34-36-39-42-45-48-54(57)60-51-52(61-55(58)49-46-43-40-37-32-21-18-15-12-9-6-3)50-59-53(56)47-44-41-38-35-33-30-28-25-23-20-17-14-11-8-5-2/h16,19,24-26,28-29,31,36,39,52H,4-15,17-18,20-23,27,30,32-35,37-38,40-51H2,1-3H3/t52-/m1/s1. The monoisotopic (exact) mass is 853 g/mol. The van der Waals surface area contributed by atoms with E-state index in [9.17, 15) is 14.4 Å². The average Bonchev–Trinajstić information content (AvgIpc) is 3.26. The van der Waals surface area contributed by atoms with Crippen molar-refractivity contribution in [3.63, 3.8) is 0 Å². The summed E-state index contributed by atoms with van der Waals surface area (Å²) < 4.78 is 16.7. The van der Waals surface area contributed by atoms with Gasteiger partial charge in [0, 0.05) is 19.3 Å². The number of hydrogen-bond acceptors (Lipinski definition) is 6. The van der Waals surface area contributed by atoms with E-state index in [2.05, 4.69) is 81.5 Å². The molecule has 61 heavy (non-hydrogen) atoms. The summed E-state index contributed by atoms with van der Waals surface area (Å²) in [7, 11) is 0. The second kappa shape index (κ2) is 49.8. The lowest BCUT2D eigenvalue weighted by atomic mass is 10.1. The van der Waals surface area contributed by atoms with Gasteiger partial charge in [0.15, 0.2) is 6.10 Å². The van der Waals surface area contributed by atoms with E-state index in [-0.39, 0.29) is 37.5 Å². The molecule has 0 bridgehead atoms. The molecule has 6 nitrogen and oxygen atoms in total. The molecule has 0 spiro atoms. The van der Waals surface area contributed by atoms with Crippen LogP contribution in [0.2, 0.25) is 0 Å². The Labute approximate surface area is 377 Å². The highest BCUT2D eigenvalue weighted by atomic mass is 16.6. The first-order chi connectivity index (χ1) is 30.0. The van der Waals surface area contributed by atoms with Crippen molar-refractivity contribution < 1.29 is 28.6 Å². The summed E-state index contributed by atoms with van der Waals surface area (Å²) in [6, 6.07) is 0. The molecule has 0 aromatic heterocycles. The van der Waals surface area contributed by atoms with Gasteiger partial charge < -0.3 is 14.2 Å². The quantitative estimate of drug-likeness (QED) is 0.0263. The normalized spacial score (nSPS) is 12.5. The molecule has 0 unspecified atom stereocenters. The highest BCUT2D eigenvalue weighted by Gasteiger charge is 2.19. The highest BCUT2D eigenvalue weighted by molar-refractivity contribution is 5.71. The lowest BCUT2D eigenvalue weighted by Crippen LogP contribution is -2.30. The minimum atomic E-state index is -0.796. The highest BCUT2D eigenvalue weighted by Crippen LogP contribution is 2.14. The Hall–Kier alpha value is -2.89. The molecule has 0 saturated heterocycles. The summed E-state index contributed by atoms with van der Waals surface area (Å²) in [5, 5.41) is 0. The Kier molecular flexibility index (Phi) is 47.4. The third-order valence-electron chi connectivity index (χ3n) is 11.0. The molecule has 0 aliphatic rings. The molecule has 0 radical (unpaired) electrons. The van der Waals surface area contributed by atoms with Crippen LogP contribution in [0.25, 0.3) is 0 Å². The topological polar surface area (TPSA) is 78.9 Å². The Morgan fingerprint density at radius 1 is 0.328 bits per heavy atom. The third-order valence-corrected chi connectivity index (χ3v) is 11.0. The fourth-order valence-electron chi connectivity index (χ4n) is 7.08. The zero-order chi connectivity index (χ0) is 44.4. The largest absolute Gasteiger partial charge is 0.462 e. The molecule has 0 rings (SSSR count). The van der Waals surface area contributed by atoms with E-state index in [1.54, 1.807) is 0 Å². The molecule has 6 heteroatoms. The predicted molar refractivity (Wildman–Crippen MR) is 261 cm³/mol. The van der Waals surface area contributed by atoms with E-state index >= 15 is 0 Å². The maximum atomic E-state index is 12.8. The van der Waals surface area contributed by atoms with Crippen LogP contribution < -0.4 is 0 Å². The van der Waals surface area contributed by atoms with Crippen LogP contribution in [0.1, 0.15) is 252 Å². The average molecular weight is 853 g/mol. The Balaban J connectivity index is 4.44. The molecular formula is C55H96O6. The lowest BCUT2D eigenvalue weighted by Gasteiger charge is -2.18. The van der Waals surface area contributed by atoms with Gasteiger partial charge >= 0.3 is 17.9 Å². The van der Waals surface area contributed by atoms with Crippen LogP contribution in [0, 0.1) is 0 Å². The van der Waals surface area contributed by atoms with Crippen LogP contribution in [-0.2, 0) is 28.6 Å².